The van der Waals surface area contributed by atoms with E-state index in [1.165, 1.54) is 12.8 Å². The Morgan fingerprint density at radius 2 is 2.14 bits per heavy atom. The van der Waals surface area contributed by atoms with Gasteiger partial charge in [0.2, 0.25) is 10.0 Å². The summed E-state index contributed by atoms with van der Waals surface area (Å²) in [5, 5.41) is 3.42. The highest BCUT2D eigenvalue weighted by Crippen LogP contribution is 2.24. The van der Waals surface area contributed by atoms with Crippen LogP contribution in [0.5, 0.6) is 0 Å². The summed E-state index contributed by atoms with van der Waals surface area (Å²) in [6.45, 7) is 5.76. The fourth-order valence-corrected chi connectivity index (χ4v) is 4.97. The summed E-state index contributed by atoms with van der Waals surface area (Å²) in [4.78, 5) is 0.398. The maximum atomic E-state index is 12.9. The molecule has 0 bridgehead atoms. The zero-order valence-electron chi connectivity index (χ0n) is 12.6. The van der Waals surface area contributed by atoms with Gasteiger partial charge in [0.15, 0.2) is 0 Å². The molecule has 1 aromatic rings. The van der Waals surface area contributed by atoms with Gasteiger partial charge in [-0.3, -0.25) is 0 Å². The maximum absolute atomic E-state index is 12.9. The van der Waals surface area contributed by atoms with E-state index in [1.807, 2.05) is 26.0 Å². The Balaban J connectivity index is 2.24. The van der Waals surface area contributed by atoms with Crippen molar-refractivity contribution in [2.45, 2.75) is 44.0 Å². The average Bonchev–Trinajstić information content (AvgIpc) is 2.48. The number of nitrogens with one attached hydrogen (secondary N) is 1. The molecule has 1 fully saturated rings. The largest absolute Gasteiger partial charge is 0.313 e. The number of sulfonamides is 1. The molecule has 1 unspecified atom stereocenters. The van der Waals surface area contributed by atoms with Crippen LogP contribution in [-0.2, 0) is 10.0 Å². The Labute approximate surface area is 136 Å². The molecule has 0 saturated carbocycles. The van der Waals surface area contributed by atoms with Crippen molar-refractivity contribution in [2.24, 2.45) is 0 Å². The zero-order chi connectivity index (χ0) is 15.5. The molecule has 0 aromatic heterocycles. The number of hydrogen-bond acceptors (Lipinski definition) is 3. The first kappa shape index (κ1) is 16.9. The molecule has 118 valence electrons. The fourth-order valence-electron chi connectivity index (χ4n) is 2.71. The third-order valence-electron chi connectivity index (χ3n) is 3.96. The minimum absolute atomic E-state index is 0.265. The Morgan fingerprint density at radius 1 is 1.38 bits per heavy atom. The van der Waals surface area contributed by atoms with Crippen molar-refractivity contribution >= 4 is 26.0 Å². The molecule has 1 heterocycles. The molecule has 2 rings (SSSR count). The second kappa shape index (κ2) is 7.22. The molecular formula is C15H23BrN2O2S. The lowest BCUT2D eigenvalue weighted by molar-refractivity contribution is 0.319. The average molecular weight is 375 g/mol. The Bertz CT molecular complexity index is 583. The van der Waals surface area contributed by atoms with E-state index in [-0.39, 0.29) is 6.04 Å². The summed E-state index contributed by atoms with van der Waals surface area (Å²) in [7, 11) is -3.44. The van der Waals surface area contributed by atoms with Crippen molar-refractivity contribution in [3.63, 3.8) is 0 Å². The van der Waals surface area contributed by atoms with Crippen LogP contribution in [-0.4, -0.2) is 38.4 Å². The number of benzene rings is 1. The Kier molecular flexibility index (Phi) is 5.82. The number of piperidine rings is 1. The van der Waals surface area contributed by atoms with Crippen molar-refractivity contribution < 1.29 is 8.42 Å². The molecule has 0 aliphatic carbocycles. The first-order chi connectivity index (χ1) is 9.95. The molecule has 0 radical (unpaired) electrons. The smallest absolute Gasteiger partial charge is 0.243 e. The van der Waals surface area contributed by atoms with Crippen LogP contribution in [0.1, 0.15) is 31.7 Å². The number of hydrogen-bond donors (Lipinski definition) is 1. The molecule has 1 aromatic carbocycles. The van der Waals surface area contributed by atoms with Gasteiger partial charge in [0.05, 0.1) is 4.90 Å². The van der Waals surface area contributed by atoms with Crippen LogP contribution < -0.4 is 5.32 Å². The lowest BCUT2D eigenvalue weighted by atomic mass is 10.1. The van der Waals surface area contributed by atoms with Crippen molar-refractivity contribution in [1.29, 1.82) is 0 Å². The predicted molar refractivity (Wildman–Crippen MR) is 89.0 cm³/mol. The van der Waals surface area contributed by atoms with Crippen molar-refractivity contribution in [3.8, 4) is 0 Å². The summed E-state index contributed by atoms with van der Waals surface area (Å²) in [6, 6.07) is 5.67. The van der Waals surface area contributed by atoms with E-state index in [2.05, 4.69) is 21.2 Å². The Hall–Kier alpha value is -0.430. The van der Waals surface area contributed by atoms with E-state index in [9.17, 15) is 8.42 Å². The van der Waals surface area contributed by atoms with E-state index >= 15 is 0 Å². The van der Waals surface area contributed by atoms with E-state index < -0.39 is 10.0 Å². The van der Waals surface area contributed by atoms with Crippen LogP contribution >= 0.6 is 15.9 Å². The van der Waals surface area contributed by atoms with Gasteiger partial charge in [0, 0.05) is 23.6 Å². The molecule has 6 heteroatoms. The molecule has 1 aliphatic rings. The lowest BCUT2D eigenvalue weighted by Crippen LogP contribution is -2.45. The first-order valence-electron chi connectivity index (χ1n) is 7.45. The van der Waals surface area contributed by atoms with Gasteiger partial charge in [-0.25, -0.2) is 8.42 Å². The topological polar surface area (TPSA) is 49.4 Å². The minimum atomic E-state index is -3.44. The van der Waals surface area contributed by atoms with Crippen molar-refractivity contribution in [1.82, 2.24) is 9.62 Å². The third kappa shape index (κ3) is 4.06. The quantitative estimate of drug-likeness (QED) is 0.861. The van der Waals surface area contributed by atoms with Crippen LogP contribution in [0, 0.1) is 6.92 Å². The number of halogens is 1. The summed E-state index contributed by atoms with van der Waals surface area (Å²) in [5.74, 6) is 0. The number of nitrogens with zero attached hydrogens (tertiary/aromatic N) is 1. The summed E-state index contributed by atoms with van der Waals surface area (Å²) < 4.78 is 28.2. The number of aryl methyl sites for hydroxylation is 1. The highest BCUT2D eigenvalue weighted by Gasteiger charge is 2.27. The van der Waals surface area contributed by atoms with Crippen LogP contribution in [0.3, 0.4) is 0 Å². The highest BCUT2D eigenvalue weighted by atomic mass is 79.9. The predicted octanol–water partition coefficient (Wildman–Crippen LogP) is 2.91. The molecule has 1 aliphatic heterocycles. The Morgan fingerprint density at radius 3 is 2.76 bits per heavy atom. The van der Waals surface area contributed by atoms with Crippen LogP contribution in [0.4, 0.5) is 0 Å². The lowest BCUT2D eigenvalue weighted by Gasteiger charge is -2.29. The molecule has 21 heavy (non-hydrogen) atoms. The van der Waals surface area contributed by atoms with Gasteiger partial charge < -0.3 is 5.32 Å². The molecule has 1 N–H and O–H groups in total. The molecule has 0 spiro atoms. The molecule has 0 amide bonds. The third-order valence-corrected chi connectivity index (χ3v) is 6.53. The first-order valence-corrected chi connectivity index (χ1v) is 9.68. The van der Waals surface area contributed by atoms with Crippen LogP contribution in [0.25, 0.3) is 0 Å². The van der Waals surface area contributed by atoms with Gasteiger partial charge in [0.1, 0.15) is 0 Å². The molecule has 1 saturated heterocycles. The van der Waals surface area contributed by atoms with E-state index in [4.69, 9.17) is 0 Å². The number of likely N-dealkylation sites (N-methyl/N-ethyl adjacent to an activating group) is 1. The fraction of sp³-hybridized carbons (Fsp3) is 0.600. The normalized spacial score (nSPS) is 19.9. The van der Waals surface area contributed by atoms with Gasteiger partial charge in [-0.1, -0.05) is 35.3 Å². The van der Waals surface area contributed by atoms with Crippen molar-refractivity contribution in [2.75, 3.05) is 19.6 Å². The van der Waals surface area contributed by atoms with E-state index in [1.54, 1.807) is 10.4 Å². The zero-order valence-corrected chi connectivity index (χ0v) is 15.0. The highest BCUT2D eigenvalue weighted by molar-refractivity contribution is 9.10. The van der Waals surface area contributed by atoms with Crippen LogP contribution in [0.15, 0.2) is 27.6 Å². The SMILES string of the molecule is CCN(CC1CCCCN1)S(=O)(=O)c1cc(Br)ccc1C. The maximum Gasteiger partial charge on any atom is 0.243 e. The molecular weight excluding hydrogens is 352 g/mol. The summed E-state index contributed by atoms with van der Waals surface area (Å²) in [5.41, 5.74) is 0.785. The molecule has 4 nitrogen and oxygen atoms in total. The second-order valence-electron chi connectivity index (χ2n) is 5.51. The summed E-state index contributed by atoms with van der Waals surface area (Å²) >= 11 is 3.36. The minimum Gasteiger partial charge on any atom is -0.313 e. The van der Waals surface area contributed by atoms with E-state index in [0.717, 1.165) is 23.0 Å². The van der Waals surface area contributed by atoms with Gasteiger partial charge in [-0.05, 0) is 44.0 Å². The van der Waals surface area contributed by atoms with Crippen LogP contribution in [0.2, 0.25) is 0 Å². The van der Waals surface area contributed by atoms with Gasteiger partial charge >= 0.3 is 0 Å². The van der Waals surface area contributed by atoms with Gasteiger partial charge in [-0.2, -0.15) is 4.31 Å². The second-order valence-corrected chi connectivity index (χ2v) is 8.33. The van der Waals surface area contributed by atoms with Crippen molar-refractivity contribution in [3.05, 3.63) is 28.2 Å². The van der Waals surface area contributed by atoms with Gasteiger partial charge in [-0.15, -0.1) is 0 Å². The summed E-state index contributed by atoms with van der Waals surface area (Å²) in [6.07, 6.45) is 3.40. The van der Waals surface area contributed by atoms with Gasteiger partial charge in [0.25, 0.3) is 0 Å². The monoisotopic (exact) mass is 374 g/mol. The van der Waals surface area contributed by atoms with E-state index in [0.29, 0.717) is 18.0 Å². The molecule has 1 atom stereocenters. The number of rotatable bonds is 5. The standard InChI is InChI=1S/C15H23BrN2O2S/c1-3-18(11-14-6-4-5-9-17-14)21(19,20)15-10-13(16)8-7-12(15)2/h7-8,10,14,17H,3-6,9,11H2,1-2H3.